The van der Waals surface area contributed by atoms with Crippen LogP contribution >= 0.6 is 0 Å². The number of imide groups is 1. The maximum Gasteiger partial charge on any atom is 0.322 e. The molecule has 2 fully saturated rings. The van der Waals surface area contributed by atoms with Crippen molar-refractivity contribution >= 4 is 11.9 Å². The molecule has 2 saturated heterocycles. The lowest BCUT2D eigenvalue weighted by atomic mass is 9.74. The quantitative estimate of drug-likeness (QED) is 0.505. The van der Waals surface area contributed by atoms with Crippen molar-refractivity contribution in [2.24, 2.45) is 5.92 Å². The van der Waals surface area contributed by atoms with Gasteiger partial charge >= 0.3 is 6.03 Å². The van der Waals surface area contributed by atoms with Crippen LogP contribution in [0.15, 0.2) is 42.5 Å². The number of carbonyl (C=O) groups is 2. The molecule has 2 aliphatic heterocycles. The fraction of sp³-hybridized carbons (Fsp3) is 0.481. The predicted octanol–water partition coefficient (Wildman–Crippen LogP) is 3.53. The van der Waals surface area contributed by atoms with Gasteiger partial charge in [-0.2, -0.15) is 0 Å². The number of nitrogens with zero attached hydrogens (tertiary/aromatic N) is 1. The Balaban J connectivity index is 1.42. The summed E-state index contributed by atoms with van der Waals surface area (Å²) in [5.74, 6) is 1.80. The van der Waals surface area contributed by atoms with Crippen LogP contribution in [0, 0.1) is 5.92 Å². The van der Waals surface area contributed by atoms with Crippen LogP contribution in [-0.2, 0) is 17.8 Å². The lowest BCUT2D eigenvalue weighted by Crippen LogP contribution is -2.56. The Morgan fingerprint density at radius 1 is 0.943 bits per heavy atom. The summed E-state index contributed by atoms with van der Waals surface area (Å²) in [6.45, 7) is 2.35. The summed E-state index contributed by atoms with van der Waals surface area (Å²) in [6, 6.07) is 13.8. The van der Waals surface area contributed by atoms with E-state index in [-0.39, 0.29) is 17.9 Å². The minimum atomic E-state index is -0.834. The number of likely N-dealkylation sites (tertiary alicyclic amines) is 1. The van der Waals surface area contributed by atoms with Gasteiger partial charge < -0.3 is 19.5 Å². The summed E-state index contributed by atoms with van der Waals surface area (Å²) >= 11 is 0. The molecule has 0 radical (unpaired) electrons. The average Bonchev–Trinajstić information content (AvgIpc) is 3.18. The normalized spacial score (nSPS) is 20.9. The van der Waals surface area contributed by atoms with Gasteiger partial charge in [0.05, 0.1) is 21.3 Å². The minimum absolute atomic E-state index is 0.0910. The Kier molecular flexibility index (Phi) is 7.80. The Morgan fingerprint density at radius 3 is 2.26 bits per heavy atom. The second kappa shape index (κ2) is 11.0. The molecule has 8 heteroatoms. The first-order valence-corrected chi connectivity index (χ1v) is 12.2. The van der Waals surface area contributed by atoms with Crippen LogP contribution in [0.5, 0.6) is 17.2 Å². The molecule has 2 N–H and O–H groups in total. The number of amides is 3. The van der Waals surface area contributed by atoms with E-state index in [0.29, 0.717) is 30.2 Å². The number of hydrogen-bond donors (Lipinski definition) is 2. The molecular formula is C27H35N3O5. The molecule has 0 saturated carbocycles. The Hall–Kier alpha value is -3.26. The first-order chi connectivity index (χ1) is 17.0. The topological polar surface area (TPSA) is 89.1 Å². The number of rotatable bonds is 10. The number of carbonyl (C=O) groups excluding carboxylic acids is 2. The number of nitrogens with one attached hydrogen (secondary N) is 2. The van der Waals surface area contributed by atoms with Crippen LogP contribution in [0.1, 0.15) is 36.8 Å². The van der Waals surface area contributed by atoms with Crippen molar-refractivity contribution in [1.29, 1.82) is 0 Å². The van der Waals surface area contributed by atoms with Crippen LogP contribution in [0.3, 0.4) is 0 Å². The smallest absolute Gasteiger partial charge is 0.322 e. The number of aryl methyl sites for hydroxylation is 1. The first kappa shape index (κ1) is 24.9. The lowest BCUT2D eigenvalue weighted by molar-refractivity contribution is -0.127. The number of hydrogen-bond acceptors (Lipinski definition) is 6. The minimum Gasteiger partial charge on any atom is -0.493 e. The van der Waals surface area contributed by atoms with Crippen molar-refractivity contribution < 1.29 is 23.8 Å². The fourth-order valence-corrected chi connectivity index (χ4v) is 5.50. The van der Waals surface area contributed by atoms with Gasteiger partial charge in [-0.15, -0.1) is 0 Å². The van der Waals surface area contributed by atoms with E-state index in [0.717, 1.165) is 44.3 Å². The monoisotopic (exact) mass is 481 g/mol. The zero-order valence-corrected chi connectivity index (χ0v) is 20.8. The standard InChI is InChI=1S/C27H35N3O5/c1-33-22-12-11-20(23(34-2)24(22)35-3)18-30-16-13-21(14-17-30)27(25(31)28-26(32)29-27)15-7-10-19-8-5-4-6-9-19/h4-6,8-9,11-12,21H,7,10,13-18H2,1-3H3,(H2,28,29,31,32). The Bertz CT molecular complexity index is 1040. The van der Waals surface area contributed by atoms with Crippen LogP contribution < -0.4 is 24.8 Å². The van der Waals surface area contributed by atoms with E-state index in [4.69, 9.17) is 14.2 Å². The molecule has 35 heavy (non-hydrogen) atoms. The maximum absolute atomic E-state index is 13.0. The molecule has 2 aromatic carbocycles. The van der Waals surface area contributed by atoms with Crippen molar-refractivity contribution in [3.63, 3.8) is 0 Å². The van der Waals surface area contributed by atoms with Crippen molar-refractivity contribution in [2.45, 2.75) is 44.2 Å². The summed E-state index contributed by atoms with van der Waals surface area (Å²) in [5.41, 5.74) is 1.43. The molecule has 1 atom stereocenters. The predicted molar refractivity (Wildman–Crippen MR) is 133 cm³/mol. The third-order valence-electron chi connectivity index (χ3n) is 7.31. The van der Waals surface area contributed by atoms with E-state index in [9.17, 15) is 9.59 Å². The third-order valence-corrected chi connectivity index (χ3v) is 7.31. The van der Waals surface area contributed by atoms with Gasteiger partial charge in [0, 0.05) is 12.1 Å². The van der Waals surface area contributed by atoms with E-state index in [1.54, 1.807) is 21.3 Å². The highest BCUT2D eigenvalue weighted by atomic mass is 16.5. The molecule has 2 heterocycles. The van der Waals surface area contributed by atoms with Crippen LogP contribution in [0.4, 0.5) is 4.79 Å². The van der Waals surface area contributed by atoms with Gasteiger partial charge in [0.25, 0.3) is 5.91 Å². The summed E-state index contributed by atoms with van der Waals surface area (Å²) in [7, 11) is 4.84. The highest BCUT2D eigenvalue weighted by Crippen LogP contribution is 2.41. The summed E-state index contributed by atoms with van der Waals surface area (Å²) in [5, 5.41) is 5.51. The van der Waals surface area contributed by atoms with E-state index in [2.05, 4.69) is 27.7 Å². The zero-order chi connectivity index (χ0) is 24.8. The largest absolute Gasteiger partial charge is 0.493 e. The van der Waals surface area contributed by atoms with E-state index >= 15 is 0 Å². The van der Waals surface area contributed by atoms with Gasteiger partial charge in [-0.3, -0.25) is 15.0 Å². The number of urea groups is 1. The number of ether oxygens (including phenoxy) is 3. The number of benzene rings is 2. The fourth-order valence-electron chi connectivity index (χ4n) is 5.50. The van der Waals surface area contributed by atoms with E-state index in [1.807, 2.05) is 30.3 Å². The van der Waals surface area contributed by atoms with Gasteiger partial charge in [-0.1, -0.05) is 36.4 Å². The highest BCUT2D eigenvalue weighted by Gasteiger charge is 2.51. The van der Waals surface area contributed by atoms with Crippen LogP contribution in [0.2, 0.25) is 0 Å². The number of piperidine rings is 1. The molecule has 188 valence electrons. The molecule has 8 nitrogen and oxygen atoms in total. The molecule has 4 rings (SSSR count). The molecule has 3 amide bonds. The van der Waals surface area contributed by atoms with Gasteiger partial charge in [-0.05, 0) is 62.7 Å². The number of methoxy groups -OCH3 is 3. The first-order valence-electron chi connectivity index (χ1n) is 12.2. The van der Waals surface area contributed by atoms with Gasteiger partial charge in [-0.25, -0.2) is 4.79 Å². The van der Waals surface area contributed by atoms with Crippen molar-refractivity contribution in [3.8, 4) is 17.2 Å². The molecular weight excluding hydrogens is 446 g/mol. The molecule has 0 spiro atoms. The highest BCUT2D eigenvalue weighted by molar-refractivity contribution is 6.07. The summed E-state index contributed by atoms with van der Waals surface area (Å²) in [4.78, 5) is 27.5. The zero-order valence-electron chi connectivity index (χ0n) is 20.8. The Morgan fingerprint density at radius 2 is 1.66 bits per heavy atom. The second-order valence-electron chi connectivity index (χ2n) is 9.26. The average molecular weight is 482 g/mol. The molecule has 2 aromatic rings. The maximum atomic E-state index is 13.0. The van der Waals surface area contributed by atoms with Crippen molar-refractivity contribution in [1.82, 2.24) is 15.5 Å². The summed E-state index contributed by atoms with van der Waals surface area (Å²) < 4.78 is 16.6. The third kappa shape index (κ3) is 5.22. The molecule has 0 aromatic heterocycles. The van der Waals surface area contributed by atoms with Crippen molar-refractivity contribution in [3.05, 3.63) is 53.6 Å². The van der Waals surface area contributed by atoms with Gasteiger partial charge in [0.1, 0.15) is 5.54 Å². The van der Waals surface area contributed by atoms with E-state index in [1.165, 1.54) is 5.56 Å². The van der Waals surface area contributed by atoms with Crippen molar-refractivity contribution in [2.75, 3.05) is 34.4 Å². The molecule has 1 unspecified atom stereocenters. The SMILES string of the molecule is COc1ccc(CN2CCC(C3(CCCc4ccccc4)NC(=O)NC3=O)CC2)c(OC)c1OC. The molecule has 0 aliphatic carbocycles. The Labute approximate surface area is 206 Å². The molecule has 2 aliphatic rings. The van der Waals surface area contributed by atoms with E-state index < -0.39 is 5.54 Å². The molecule has 0 bridgehead atoms. The van der Waals surface area contributed by atoms with Gasteiger partial charge in [0.15, 0.2) is 11.5 Å². The van der Waals surface area contributed by atoms with Crippen LogP contribution in [0.25, 0.3) is 0 Å². The second-order valence-corrected chi connectivity index (χ2v) is 9.26. The summed E-state index contributed by atoms with van der Waals surface area (Å²) in [6.07, 6.45) is 4.00. The lowest BCUT2D eigenvalue weighted by Gasteiger charge is -2.41. The van der Waals surface area contributed by atoms with Gasteiger partial charge in [0.2, 0.25) is 5.75 Å². The van der Waals surface area contributed by atoms with Crippen LogP contribution in [-0.4, -0.2) is 56.8 Å².